The maximum absolute atomic E-state index is 13.0. The van der Waals surface area contributed by atoms with Gasteiger partial charge in [0.1, 0.15) is 5.60 Å². The van der Waals surface area contributed by atoms with E-state index >= 15 is 0 Å². The maximum Gasteiger partial charge on any atom is 0.294 e. The molecule has 1 heterocycles. The molecule has 2 aromatic carbocycles. The van der Waals surface area contributed by atoms with Gasteiger partial charge in [0.2, 0.25) is 0 Å². The van der Waals surface area contributed by atoms with Crippen molar-refractivity contribution in [1.29, 1.82) is 0 Å². The van der Waals surface area contributed by atoms with E-state index in [0.29, 0.717) is 36.8 Å². The van der Waals surface area contributed by atoms with Gasteiger partial charge in [-0.15, -0.1) is 0 Å². The summed E-state index contributed by atoms with van der Waals surface area (Å²) >= 11 is 0. The van der Waals surface area contributed by atoms with Gasteiger partial charge in [0.15, 0.2) is 7.98 Å². The van der Waals surface area contributed by atoms with Crippen molar-refractivity contribution in [2.45, 2.75) is 44.8 Å². The lowest BCUT2D eigenvalue weighted by molar-refractivity contribution is -0.144. The highest BCUT2D eigenvalue weighted by Crippen LogP contribution is 2.29. The lowest BCUT2D eigenvalue weighted by atomic mass is 9.88. The molecule has 3 rings (SSSR count). The second kappa shape index (κ2) is 10.1. The van der Waals surface area contributed by atoms with Crippen molar-refractivity contribution in [2.75, 3.05) is 18.4 Å². The van der Waals surface area contributed by atoms with Crippen molar-refractivity contribution >= 4 is 31.3 Å². The topological polar surface area (TPSA) is 98.7 Å². The van der Waals surface area contributed by atoms with Gasteiger partial charge in [-0.2, -0.15) is 0 Å². The van der Waals surface area contributed by atoms with Crippen molar-refractivity contribution in [3.05, 3.63) is 65.2 Å². The lowest BCUT2D eigenvalue weighted by Gasteiger charge is -2.32. The summed E-state index contributed by atoms with van der Waals surface area (Å²) in [6.07, 6.45) is 1.73. The molecule has 0 atom stereocenters. The van der Waals surface area contributed by atoms with Gasteiger partial charge in [-0.05, 0) is 61.9 Å². The van der Waals surface area contributed by atoms with Crippen LogP contribution in [-0.2, 0) is 16.1 Å². The van der Waals surface area contributed by atoms with Crippen LogP contribution < -0.4 is 10.5 Å². The number of likely N-dealkylation sites (tertiary alicyclic amines) is 1. The molecule has 7 nitrogen and oxygen atoms in total. The van der Waals surface area contributed by atoms with Crippen LogP contribution in [0.15, 0.2) is 48.5 Å². The average Bonchev–Trinajstić information content (AvgIpc) is 2.78. The molecular formula is C24H28BN3O4. The highest BCUT2D eigenvalue weighted by molar-refractivity contribution is 6.43. The fourth-order valence-electron chi connectivity index (χ4n) is 3.87. The molecule has 0 saturated carbocycles. The van der Waals surface area contributed by atoms with E-state index in [1.165, 1.54) is 19.4 Å². The number of amides is 2. The molecule has 8 heteroatoms. The minimum Gasteiger partial charge on any atom is -0.382 e. The summed E-state index contributed by atoms with van der Waals surface area (Å²) in [6.45, 7) is 4.39. The van der Waals surface area contributed by atoms with Gasteiger partial charge < -0.3 is 20.6 Å². The highest BCUT2D eigenvalue weighted by Gasteiger charge is 2.30. The zero-order valence-corrected chi connectivity index (χ0v) is 18.4. The maximum atomic E-state index is 13.0. The molecule has 166 valence electrons. The summed E-state index contributed by atoms with van der Waals surface area (Å²) in [5.41, 5.74) is 1.39. The van der Waals surface area contributed by atoms with Crippen LogP contribution in [0.5, 0.6) is 0 Å². The number of carbonyl (C=O) groups is 3. The van der Waals surface area contributed by atoms with Crippen molar-refractivity contribution < 1.29 is 19.5 Å². The third kappa shape index (κ3) is 5.84. The number of piperidine rings is 1. The molecule has 2 radical (unpaired) electrons. The molecule has 2 aromatic rings. The summed E-state index contributed by atoms with van der Waals surface area (Å²) in [4.78, 5) is 38.8. The molecule has 2 amide bonds. The van der Waals surface area contributed by atoms with Gasteiger partial charge in [0.25, 0.3) is 17.6 Å². The number of ketones is 1. The van der Waals surface area contributed by atoms with Gasteiger partial charge in [-0.1, -0.05) is 30.3 Å². The minimum absolute atomic E-state index is 0.116. The predicted molar refractivity (Wildman–Crippen MR) is 123 cm³/mol. The molecule has 1 fully saturated rings. The van der Waals surface area contributed by atoms with Crippen molar-refractivity contribution in [2.24, 2.45) is 0 Å². The van der Waals surface area contributed by atoms with Crippen LogP contribution in [-0.4, -0.2) is 54.3 Å². The van der Waals surface area contributed by atoms with Crippen LogP contribution in [0, 0.1) is 0 Å². The third-order valence-corrected chi connectivity index (χ3v) is 5.64. The normalized spacial score (nSPS) is 14.8. The average molecular weight is 433 g/mol. The molecule has 0 aromatic heterocycles. The summed E-state index contributed by atoms with van der Waals surface area (Å²) in [5, 5.41) is 14.8. The fraction of sp³-hybridized carbons (Fsp3) is 0.375. The molecule has 0 bridgehead atoms. The summed E-state index contributed by atoms with van der Waals surface area (Å²) in [7, 11) is 5.42. The number of benzene rings is 2. The first-order chi connectivity index (χ1) is 15.2. The Balaban J connectivity index is 1.62. The first kappa shape index (κ1) is 23.7. The van der Waals surface area contributed by atoms with Crippen LogP contribution >= 0.6 is 0 Å². The number of Topliss-reactive ketones (excluding diaryl/α,β-unsaturated/α-hetero) is 1. The monoisotopic (exact) mass is 433 g/mol. The summed E-state index contributed by atoms with van der Waals surface area (Å²) < 4.78 is 0. The van der Waals surface area contributed by atoms with Crippen LogP contribution in [0.2, 0.25) is 0 Å². The Bertz CT molecular complexity index is 995. The molecule has 3 N–H and O–H groups in total. The molecular weight excluding hydrogens is 405 g/mol. The van der Waals surface area contributed by atoms with E-state index in [0.717, 1.165) is 18.4 Å². The quantitative estimate of drug-likeness (QED) is 0.459. The first-order valence-electron chi connectivity index (χ1n) is 10.7. The number of carbonyl (C=O) groups excluding carboxylic acids is 3. The van der Waals surface area contributed by atoms with Crippen LogP contribution in [0.1, 0.15) is 54.1 Å². The lowest BCUT2D eigenvalue weighted by Crippen LogP contribution is -2.40. The Hall–Kier alpha value is -2.97. The van der Waals surface area contributed by atoms with Gasteiger partial charge in [-0.3, -0.25) is 14.4 Å². The molecule has 1 aliphatic heterocycles. The van der Waals surface area contributed by atoms with E-state index in [1.807, 2.05) is 17.0 Å². The number of nitrogens with zero attached hydrogens (tertiary/aromatic N) is 1. The number of aliphatic hydroxyl groups is 1. The summed E-state index contributed by atoms with van der Waals surface area (Å²) in [6, 6.07) is 14.8. The predicted octanol–water partition coefficient (Wildman–Crippen LogP) is 2.16. The van der Waals surface area contributed by atoms with E-state index in [1.54, 1.807) is 24.3 Å². The van der Waals surface area contributed by atoms with E-state index < -0.39 is 17.3 Å². The van der Waals surface area contributed by atoms with Crippen molar-refractivity contribution in [3.8, 4) is 0 Å². The number of hydrogen-bond donors (Lipinski definition) is 3. The van der Waals surface area contributed by atoms with E-state index in [2.05, 4.69) is 22.7 Å². The second-order valence-electron chi connectivity index (χ2n) is 8.62. The van der Waals surface area contributed by atoms with E-state index in [-0.39, 0.29) is 5.91 Å². The van der Waals surface area contributed by atoms with Gasteiger partial charge >= 0.3 is 0 Å². The van der Waals surface area contributed by atoms with Gasteiger partial charge in [-0.25, -0.2) is 0 Å². The number of nitrogens with one attached hydrogen (secondary N) is 2. The van der Waals surface area contributed by atoms with Crippen molar-refractivity contribution in [1.82, 2.24) is 10.1 Å². The Kier molecular flexibility index (Phi) is 7.48. The van der Waals surface area contributed by atoms with E-state index in [4.69, 9.17) is 7.98 Å². The fourth-order valence-corrected chi connectivity index (χ4v) is 3.87. The standard InChI is InChI=1S/C24H28BN3O4/c1-24(2,32)21(29)22(30)27-20-8-4-7-19(14-20)23(31)28-11-9-17(10-12-28)18-6-3-5-16(13-18)15-26-25/h3-8,13-14,17,26,32H,9-12,15H2,1-2H3,(H,27,30). The Morgan fingerprint density at radius 3 is 2.44 bits per heavy atom. The Morgan fingerprint density at radius 1 is 1.09 bits per heavy atom. The SMILES string of the molecule is [B]NCc1cccc(C2CCN(C(=O)c3cccc(NC(=O)C(=O)C(C)(C)O)c3)CC2)c1. The molecule has 1 aliphatic rings. The molecule has 0 aliphatic carbocycles. The second-order valence-corrected chi connectivity index (χ2v) is 8.62. The molecule has 32 heavy (non-hydrogen) atoms. The van der Waals surface area contributed by atoms with Crippen molar-refractivity contribution in [3.63, 3.8) is 0 Å². The first-order valence-corrected chi connectivity index (χ1v) is 10.7. The molecule has 0 unspecified atom stereocenters. The van der Waals surface area contributed by atoms with Crippen LogP contribution in [0.3, 0.4) is 0 Å². The molecule has 1 saturated heterocycles. The minimum atomic E-state index is -1.76. The van der Waals surface area contributed by atoms with Crippen LogP contribution in [0.25, 0.3) is 0 Å². The smallest absolute Gasteiger partial charge is 0.294 e. The zero-order chi connectivity index (χ0) is 23.3. The number of hydrogen-bond acceptors (Lipinski definition) is 5. The third-order valence-electron chi connectivity index (χ3n) is 5.64. The Labute approximate surface area is 189 Å². The summed E-state index contributed by atoms with van der Waals surface area (Å²) in [5.74, 6) is -1.60. The highest BCUT2D eigenvalue weighted by atomic mass is 16.3. The molecule has 0 spiro atoms. The van der Waals surface area contributed by atoms with Gasteiger partial charge in [0.05, 0.1) is 0 Å². The number of rotatable bonds is 7. The van der Waals surface area contributed by atoms with Crippen LogP contribution in [0.4, 0.5) is 5.69 Å². The zero-order valence-electron chi connectivity index (χ0n) is 18.4. The van der Waals surface area contributed by atoms with Gasteiger partial charge in [0, 0.05) is 30.9 Å². The Morgan fingerprint density at radius 2 is 1.78 bits per heavy atom. The van der Waals surface area contributed by atoms with E-state index in [9.17, 15) is 19.5 Å². The number of anilines is 1. The largest absolute Gasteiger partial charge is 0.382 e.